The highest BCUT2D eigenvalue weighted by Gasteiger charge is 2.34. The summed E-state index contributed by atoms with van der Waals surface area (Å²) >= 11 is 0. The largest absolute Gasteiger partial charge is 0.293 e. The second-order valence-electron chi connectivity index (χ2n) is 3.06. The Morgan fingerprint density at radius 1 is 1.57 bits per heavy atom. The van der Waals surface area contributed by atoms with E-state index in [0.29, 0.717) is 0 Å². The standard InChI is InChI=1S/C7H10N6O/c1-3-5-4(2)10-13(6(5)14)7-8-11-12-9-7/h5H,3H2,1-2H3,(H,8,9,11,12). The number of hydrazone groups is 1. The van der Waals surface area contributed by atoms with Crippen LogP contribution in [-0.2, 0) is 4.79 Å². The molecule has 0 aliphatic carbocycles. The minimum absolute atomic E-state index is 0.0913. The van der Waals surface area contributed by atoms with Crippen LogP contribution in [0.2, 0.25) is 0 Å². The number of hydrogen-bond acceptors (Lipinski definition) is 5. The van der Waals surface area contributed by atoms with Crippen LogP contribution in [0.4, 0.5) is 5.95 Å². The van der Waals surface area contributed by atoms with Gasteiger partial charge in [-0.15, -0.1) is 5.10 Å². The molecule has 0 fully saturated rings. The van der Waals surface area contributed by atoms with Crippen LogP contribution in [0.1, 0.15) is 20.3 Å². The van der Waals surface area contributed by atoms with Crippen molar-refractivity contribution >= 4 is 17.6 Å². The third kappa shape index (κ3) is 1.17. The summed E-state index contributed by atoms with van der Waals surface area (Å²) < 4.78 is 0. The maximum atomic E-state index is 11.7. The van der Waals surface area contributed by atoms with E-state index < -0.39 is 0 Å². The predicted molar refractivity (Wildman–Crippen MR) is 48.6 cm³/mol. The number of nitrogens with zero attached hydrogens (tertiary/aromatic N) is 5. The second-order valence-corrected chi connectivity index (χ2v) is 3.06. The molecule has 1 aromatic rings. The first-order valence-electron chi connectivity index (χ1n) is 4.36. The van der Waals surface area contributed by atoms with Crippen molar-refractivity contribution < 1.29 is 4.79 Å². The zero-order chi connectivity index (χ0) is 10.1. The van der Waals surface area contributed by atoms with Gasteiger partial charge in [0.2, 0.25) is 0 Å². The highest BCUT2D eigenvalue weighted by molar-refractivity contribution is 6.14. The lowest BCUT2D eigenvalue weighted by molar-refractivity contribution is -0.119. The summed E-state index contributed by atoms with van der Waals surface area (Å²) in [7, 11) is 0. The van der Waals surface area contributed by atoms with Crippen LogP contribution < -0.4 is 5.01 Å². The number of carbonyl (C=O) groups excluding carboxylic acids is 1. The van der Waals surface area contributed by atoms with Crippen molar-refractivity contribution in [3.8, 4) is 0 Å². The zero-order valence-electron chi connectivity index (χ0n) is 7.93. The topological polar surface area (TPSA) is 87.1 Å². The fourth-order valence-corrected chi connectivity index (χ4v) is 1.46. The van der Waals surface area contributed by atoms with E-state index in [1.54, 1.807) is 0 Å². The van der Waals surface area contributed by atoms with Crippen molar-refractivity contribution in [1.82, 2.24) is 20.6 Å². The minimum atomic E-state index is -0.145. The van der Waals surface area contributed by atoms with Gasteiger partial charge in [-0.25, -0.2) is 0 Å². The maximum absolute atomic E-state index is 11.7. The molecule has 0 bridgehead atoms. The molecular formula is C7H10N6O. The van der Waals surface area contributed by atoms with Crippen molar-refractivity contribution in [3.05, 3.63) is 0 Å². The van der Waals surface area contributed by atoms with Gasteiger partial charge in [0.05, 0.1) is 5.92 Å². The minimum Gasteiger partial charge on any atom is -0.272 e. The van der Waals surface area contributed by atoms with Crippen LogP contribution in [0.5, 0.6) is 0 Å². The van der Waals surface area contributed by atoms with E-state index in [2.05, 4.69) is 25.7 Å². The lowest BCUT2D eigenvalue weighted by Gasteiger charge is -2.07. The fourth-order valence-electron chi connectivity index (χ4n) is 1.46. The van der Waals surface area contributed by atoms with Crippen LogP contribution in [0, 0.1) is 5.92 Å². The fraction of sp³-hybridized carbons (Fsp3) is 0.571. The van der Waals surface area contributed by atoms with Crippen molar-refractivity contribution in [2.24, 2.45) is 11.0 Å². The average molecular weight is 194 g/mol. The van der Waals surface area contributed by atoms with E-state index in [1.807, 2.05) is 13.8 Å². The Balaban J connectivity index is 2.29. The highest BCUT2D eigenvalue weighted by atomic mass is 16.2. The molecular weight excluding hydrogens is 184 g/mol. The molecule has 2 rings (SSSR count). The summed E-state index contributed by atoms with van der Waals surface area (Å²) in [5.41, 5.74) is 0.794. The molecule has 14 heavy (non-hydrogen) atoms. The first-order valence-corrected chi connectivity index (χ1v) is 4.36. The Labute approximate surface area is 80.2 Å². The Kier molecular flexibility index (Phi) is 1.99. The zero-order valence-corrected chi connectivity index (χ0v) is 7.93. The number of anilines is 1. The van der Waals surface area contributed by atoms with Gasteiger partial charge in [0, 0.05) is 5.71 Å². The molecule has 1 amide bonds. The van der Waals surface area contributed by atoms with Crippen molar-refractivity contribution in [2.75, 3.05) is 5.01 Å². The lowest BCUT2D eigenvalue weighted by Crippen LogP contribution is -2.27. The smallest absolute Gasteiger partial charge is 0.272 e. The van der Waals surface area contributed by atoms with E-state index >= 15 is 0 Å². The van der Waals surface area contributed by atoms with E-state index in [-0.39, 0.29) is 17.8 Å². The molecule has 1 aromatic heterocycles. The quantitative estimate of drug-likeness (QED) is 0.714. The third-order valence-electron chi connectivity index (χ3n) is 2.20. The van der Waals surface area contributed by atoms with Gasteiger partial charge >= 0.3 is 0 Å². The molecule has 1 unspecified atom stereocenters. The Morgan fingerprint density at radius 2 is 2.36 bits per heavy atom. The third-order valence-corrected chi connectivity index (χ3v) is 2.20. The number of carbonyl (C=O) groups is 1. The van der Waals surface area contributed by atoms with Crippen LogP contribution in [0.3, 0.4) is 0 Å². The van der Waals surface area contributed by atoms with Crippen LogP contribution in [0.15, 0.2) is 5.10 Å². The number of amides is 1. The summed E-state index contributed by atoms with van der Waals surface area (Å²) in [6, 6.07) is 0. The first kappa shape index (κ1) is 8.79. The van der Waals surface area contributed by atoms with E-state index in [0.717, 1.165) is 12.1 Å². The number of hydrogen-bond donors (Lipinski definition) is 1. The van der Waals surface area contributed by atoms with Gasteiger partial charge < -0.3 is 0 Å². The van der Waals surface area contributed by atoms with Gasteiger partial charge in [0.15, 0.2) is 0 Å². The van der Waals surface area contributed by atoms with Crippen LogP contribution in [0.25, 0.3) is 0 Å². The molecule has 0 saturated carbocycles. The molecule has 0 spiro atoms. The molecule has 1 aliphatic heterocycles. The van der Waals surface area contributed by atoms with E-state index in [1.165, 1.54) is 5.01 Å². The molecule has 74 valence electrons. The average Bonchev–Trinajstić information content (AvgIpc) is 2.74. The summed E-state index contributed by atoms with van der Waals surface area (Å²) in [5, 5.41) is 18.3. The van der Waals surface area contributed by atoms with Gasteiger partial charge in [0.1, 0.15) is 0 Å². The predicted octanol–water partition coefficient (Wildman–Crippen LogP) is -0.0516. The molecule has 0 radical (unpaired) electrons. The van der Waals surface area contributed by atoms with Gasteiger partial charge in [-0.2, -0.15) is 15.3 Å². The summed E-state index contributed by atoms with van der Waals surface area (Å²) in [5.74, 6) is -0.0369. The number of tetrazole rings is 1. The van der Waals surface area contributed by atoms with Crippen molar-refractivity contribution in [2.45, 2.75) is 20.3 Å². The van der Waals surface area contributed by atoms with Gasteiger partial charge in [-0.3, -0.25) is 4.79 Å². The summed E-state index contributed by atoms with van der Waals surface area (Å²) in [6.07, 6.45) is 0.739. The van der Waals surface area contributed by atoms with E-state index in [4.69, 9.17) is 0 Å². The molecule has 7 heteroatoms. The second kappa shape index (κ2) is 3.17. The molecule has 7 nitrogen and oxygen atoms in total. The van der Waals surface area contributed by atoms with E-state index in [9.17, 15) is 4.79 Å². The van der Waals surface area contributed by atoms with Gasteiger partial charge in [-0.1, -0.05) is 12.0 Å². The Morgan fingerprint density at radius 3 is 2.86 bits per heavy atom. The van der Waals surface area contributed by atoms with Crippen molar-refractivity contribution in [1.29, 1.82) is 0 Å². The molecule has 1 N–H and O–H groups in total. The SMILES string of the molecule is CCC1C(=O)N(c2nn[nH]n2)N=C1C. The number of H-pyrrole nitrogens is 1. The monoisotopic (exact) mass is 194 g/mol. The Hall–Kier alpha value is -1.79. The highest BCUT2D eigenvalue weighted by Crippen LogP contribution is 2.21. The first-order chi connectivity index (χ1) is 6.74. The van der Waals surface area contributed by atoms with Gasteiger partial charge in [0.25, 0.3) is 11.9 Å². The number of nitrogens with one attached hydrogen (secondary N) is 1. The Bertz CT molecular complexity index is 370. The van der Waals surface area contributed by atoms with Crippen LogP contribution >= 0.6 is 0 Å². The summed E-state index contributed by atoms with van der Waals surface area (Å²) in [6.45, 7) is 3.77. The van der Waals surface area contributed by atoms with Gasteiger partial charge in [-0.05, 0) is 18.6 Å². The lowest BCUT2D eigenvalue weighted by atomic mass is 10.0. The molecule has 2 heterocycles. The molecule has 0 saturated heterocycles. The number of rotatable bonds is 2. The maximum Gasteiger partial charge on any atom is 0.293 e. The molecule has 1 atom stereocenters. The van der Waals surface area contributed by atoms with Crippen molar-refractivity contribution in [3.63, 3.8) is 0 Å². The molecule has 0 aromatic carbocycles. The molecule has 1 aliphatic rings. The normalized spacial score (nSPS) is 21.6. The summed E-state index contributed by atoms with van der Waals surface area (Å²) in [4.78, 5) is 11.7. The van der Waals surface area contributed by atoms with Crippen LogP contribution in [-0.4, -0.2) is 32.2 Å². The number of aromatic nitrogens is 4. The number of aromatic amines is 1.